The number of benzene rings is 1. The lowest BCUT2D eigenvalue weighted by Crippen LogP contribution is -2.41. The van der Waals surface area contributed by atoms with E-state index in [1.807, 2.05) is 0 Å². The van der Waals surface area contributed by atoms with Crippen LogP contribution in [0.5, 0.6) is 0 Å². The molecule has 0 bridgehead atoms. The molecule has 0 saturated heterocycles. The van der Waals surface area contributed by atoms with Crippen LogP contribution in [0.3, 0.4) is 0 Å². The van der Waals surface area contributed by atoms with E-state index in [2.05, 4.69) is 88.6 Å². The fraction of sp³-hybridized carbons (Fsp3) is 0.550. The van der Waals surface area contributed by atoms with Gasteiger partial charge in [-0.2, -0.15) is 0 Å². The molecular weight excluding hydrogens is 465 g/mol. The van der Waals surface area contributed by atoms with Gasteiger partial charge in [-0.1, -0.05) is 37.3 Å². The molecule has 0 aliphatic heterocycles. The van der Waals surface area contributed by atoms with Gasteiger partial charge in [-0.15, -0.1) is 34.2 Å². The van der Waals surface area contributed by atoms with Crippen molar-refractivity contribution in [1.29, 1.82) is 0 Å². The third-order valence-electron chi connectivity index (χ3n) is 4.51. The van der Waals surface area contributed by atoms with Gasteiger partial charge in [0.2, 0.25) is 0 Å². The zero-order valence-corrected chi connectivity index (χ0v) is 19.8. The molecule has 0 radical (unpaired) electrons. The van der Waals surface area contributed by atoms with Crippen LogP contribution in [0.15, 0.2) is 41.7 Å². The van der Waals surface area contributed by atoms with Crippen LogP contribution in [0.2, 0.25) is 0 Å². The van der Waals surface area contributed by atoms with Crippen molar-refractivity contribution < 1.29 is 0 Å². The van der Waals surface area contributed by atoms with E-state index < -0.39 is 0 Å². The van der Waals surface area contributed by atoms with Gasteiger partial charge in [0.05, 0.1) is 6.54 Å². The normalized spacial score (nSPS) is 12.5. The van der Waals surface area contributed by atoms with Gasteiger partial charge >= 0.3 is 0 Å². The molecule has 2 N–H and O–H groups in total. The maximum atomic E-state index is 4.80. The first-order valence-electron chi connectivity index (χ1n) is 9.73. The van der Waals surface area contributed by atoms with Crippen LogP contribution in [0.4, 0.5) is 0 Å². The summed E-state index contributed by atoms with van der Waals surface area (Å²) >= 11 is 0. The minimum Gasteiger partial charge on any atom is -0.357 e. The molecule has 156 valence electrons. The van der Waals surface area contributed by atoms with Crippen LogP contribution in [-0.4, -0.2) is 65.4 Å². The van der Waals surface area contributed by atoms with Crippen molar-refractivity contribution in [2.45, 2.75) is 39.3 Å². The van der Waals surface area contributed by atoms with E-state index >= 15 is 0 Å². The highest BCUT2D eigenvalue weighted by Gasteiger charge is 2.12. The number of nitrogens with zero attached hydrogens (tertiary/aromatic N) is 5. The lowest BCUT2D eigenvalue weighted by molar-refractivity contribution is 0.298. The van der Waals surface area contributed by atoms with Crippen LogP contribution < -0.4 is 10.6 Å². The number of hydrogen-bond donors (Lipinski definition) is 2. The lowest BCUT2D eigenvalue weighted by atomic mass is 10.1. The Hall–Kier alpha value is -1.68. The summed E-state index contributed by atoms with van der Waals surface area (Å²) in [5.74, 6) is 1.86. The largest absolute Gasteiger partial charge is 0.357 e. The maximum Gasteiger partial charge on any atom is 0.191 e. The molecule has 8 heteroatoms. The van der Waals surface area contributed by atoms with E-state index in [1.165, 1.54) is 5.56 Å². The molecule has 1 atom stereocenters. The smallest absolute Gasteiger partial charge is 0.191 e. The second kappa shape index (κ2) is 13.5. The Balaban J connectivity index is 0.00000392. The number of halogens is 1. The Labute approximate surface area is 186 Å². The standard InChI is InChI=1S/C20H33N7.HI/c1-5-19-25-24-16-27(19)13-12-22-20(21-6-2)23-15-18(26(3)4)14-17-10-8-7-9-11-17;/h7-11,16,18H,5-6,12-15H2,1-4H3,(H2,21,22,23);1H. The molecule has 2 rings (SSSR count). The lowest BCUT2D eigenvalue weighted by Gasteiger charge is -2.23. The van der Waals surface area contributed by atoms with Crippen molar-refractivity contribution in [3.63, 3.8) is 0 Å². The summed E-state index contributed by atoms with van der Waals surface area (Å²) in [6.45, 7) is 7.35. The molecular formula is C20H34IN7. The second-order valence-electron chi connectivity index (χ2n) is 6.75. The van der Waals surface area contributed by atoms with Crippen LogP contribution in [0, 0.1) is 0 Å². The van der Waals surface area contributed by atoms with Crippen LogP contribution in [-0.2, 0) is 19.4 Å². The van der Waals surface area contributed by atoms with Crippen molar-refractivity contribution in [1.82, 2.24) is 30.3 Å². The summed E-state index contributed by atoms with van der Waals surface area (Å²) in [7, 11) is 4.23. The van der Waals surface area contributed by atoms with Crippen molar-refractivity contribution in [3.05, 3.63) is 48.0 Å². The van der Waals surface area contributed by atoms with Crippen LogP contribution in [0.1, 0.15) is 25.2 Å². The zero-order chi connectivity index (χ0) is 19.5. The van der Waals surface area contributed by atoms with Crippen LogP contribution in [0.25, 0.3) is 0 Å². The number of rotatable bonds is 10. The number of aromatic nitrogens is 3. The Morgan fingerprint density at radius 2 is 1.93 bits per heavy atom. The van der Waals surface area contributed by atoms with Crippen molar-refractivity contribution in [2.75, 3.05) is 33.7 Å². The topological polar surface area (TPSA) is 70.4 Å². The molecule has 1 aromatic heterocycles. The average Bonchev–Trinajstić information content (AvgIpc) is 3.13. The minimum absolute atomic E-state index is 0. The number of aryl methyl sites for hydroxylation is 1. The first-order chi connectivity index (χ1) is 13.1. The fourth-order valence-corrected chi connectivity index (χ4v) is 2.87. The Kier molecular flexibility index (Phi) is 11.7. The summed E-state index contributed by atoms with van der Waals surface area (Å²) in [5.41, 5.74) is 1.34. The number of nitrogens with one attached hydrogen (secondary N) is 2. The third kappa shape index (κ3) is 8.14. The minimum atomic E-state index is 0. The summed E-state index contributed by atoms with van der Waals surface area (Å²) in [4.78, 5) is 7.05. The molecule has 2 aromatic rings. The summed E-state index contributed by atoms with van der Waals surface area (Å²) in [5, 5.41) is 14.8. The van der Waals surface area contributed by atoms with E-state index in [1.54, 1.807) is 6.33 Å². The Morgan fingerprint density at radius 3 is 2.57 bits per heavy atom. The van der Waals surface area contributed by atoms with Gasteiger partial charge in [-0.25, -0.2) is 0 Å². The van der Waals surface area contributed by atoms with Gasteiger partial charge in [0.15, 0.2) is 5.96 Å². The van der Waals surface area contributed by atoms with Gasteiger partial charge in [0.1, 0.15) is 12.2 Å². The molecule has 1 aromatic carbocycles. The SMILES string of the molecule is CCNC(=NCC(Cc1ccccc1)N(C)C)NCCn1cnnc1CC.I. The number of guanidine groups is 1. The molecule has 1 heterocycles. The number of likely N-dealkylation sites (N-methyl/N-ethyl adjacent to an activating group) is 1. The second-order valence-corrected chi connectivity index (χ2v) is 6.75. The van der Waals surface area contributed by atoms with Crippen LogP contribution >= 0.6 is 24.0 Å². The molecule has 1 unspecified atom stereocenters. The highest BCUT2D eigenvalue weighted by atomic mass is 127. The molecule has 0 amide bonds. The Morgan fingerprint density at radius 1 is 1.18 bits per heavy atom. The fourth-order valence-electron chi connectivity index (χ4n) is 2.87. The van der Waals surface area contributed by atoms with E-state index in [0.29, 0.717) is 6.04 Å². The number of aliphatic imine (C=N–C) groups is 1. The molecule has 0 spiro atoms. The van der Waals surface area contributed by atoms with Crippen molar-refractivity contribution >= 4 is 29.9 Å². The third-order valence-corrected chi connectivity index (χ3v) is 4.51. The van der Waals surface area contributed by atoms with E-state index in [4.69, 9.17) is 4.99 Å². The highest BCUT2D eigenvalue weighted by molar-refractivity contribution is 14.0. The average molecular weight is 499 g/mol. The van der Waals surface area contributed by atoms with Gasteiger partial charge < -0.3 is 20.1 Å². The Bertz CT molecular complexity index is 685. The predicted molar refractivity (Wildman–Crippen MR) is 126 cm³/mol. The summed E-state index contributed by atoms with van der Waals surface area (Å²) < 4.78 is 2.08. The molecule has 0 aliphatic rings. The zero-order valence-electron chi connectivity index (χ0n) is 17.4. The molecule has 0 fully saturated rings. The number of hydrogen-bond acceptors (Lipinski definition) is 4. The van der Waals surface area contributed by atoms with E-state index in [9.17, 15) is 0 Å². The van der Waals surface area contributed by atoms with Crippen molar-refractivity contribution in [3.8, 4) is 0 Å². The summed E-state index contributed by atoms with van der Waals surface area (Å²) in [6, 6.07) is 10.9. The molecule has 28 heavy (non-hydrogen) atoms. The van der Waals surface area contributed by atoms with E-state index in [-0.39, 0.29) is 24.0 Å². The quantitative estimate of drug-likeness (QED) is 0.298. The van der Waals surface area contributed by atoms with E-state index in [0.717, 1.165) is 50.8 Å². The van der Waals surface area contributed by atoms with Gasteiger partial charge in [0.25, 0.3) is 0 Å². The van der Waals surface area contributed by atoms with Gasteiger partial charge in [-0.05, 0) is 33.0 Å². The van der Waals surface area contributed by atoms with Gasteiger partial charge in [-0.3, -0.25) is 4.99 Å². The summed E-state index contributed by atoms with van der Waals surface area (Å²) in [6.07, 6.45) is 3.65. The van der Waals surface area contributed by atoms with Crippen molar-refractivity contribution in [2.24, 2.45) is 4.99 Å². The predicted octanol–water partition coefficient (Wildman–Crippen LogP) is 2.19. The molecule has 0 saturated carbocycles. The monoisotopic (exact) mass is 499 g/mol. The molecule has 7 nitrogen and oxygen atoms in total. The first-order valence-corrected chi connectivity index (χ1v) is 9.73. The first kappa shape index (κ1) is 24.4. The molecule has 0 aliphatic carbocycles. The maximum absolute atomic E-state index is 4.80. The highest BCUT2D eigenvalue weighted by Crippen LogP contribution is 2.07. The van der Waals surface area contributed by atoms with Gasteiger partial charge in [0, 0.05) is 32.1 Å².